The molecule has 1 spiro atoms. The van der Waals surface area contributed by atoms with Crippen molar-refractivity contribution in [1.82, 2.24) is 20.2 Å². The number of nitrogens with one attached hydrogen (secondary N) is 1. The number of carbonyl (C=O) groups is 1. The van der Waals surface area contributed by atoms with E-state index < -0.39 is 0 Å². The third-order valence-electron chi connectivity index (χ3n) is 5.90. The Labute approximate surface area is 150 Å². The van der Waals surface area contributed by atoms with Crippen LogP contribution < -0.4 is 5.32 Å². The maximum absolute atomic E-state index is 12.6. The molecule has 0 aromatic carbocycles. The predicted octanol–water partition coefficient (Wildman–Crippen LogP) is 2.79. The van der Waals surface area contributed by atoms with Crippen LogP contribution in [0.4, 0.5) is 4.79 Å². The quantitative estimate of drug-likeness (QED) is 0.860. The first-order chi connectivity index (χ1) is 12.2. The number of aromatic nitrogens is 2. The summed E-state index contributed by atoms with van der Waals surface area (Å²) in [6.07, 6.45) is 13.2. The number of nitrogens with zero attached hydrogens (tertiary/aromatic N) is 3. The molecule has 2 saturated carbocycles. The molecule has 1 N–H and O–H groups in total. The summed E-state index contributed by atoms with van der Waals surface area (Å²) in [4.78, 5) is 22.7. The van der Waals surface area contributed by atoms with Crippen LogP contribution in [-0.2, 0) is 11.2 Å². The minimum atomic E-state index is 0.00814. The summed E-state index contributed by atoms with van der Waals surface area (Å²) in [5, 5.41) is 3.27. The molecule has 2 unspecified atom stereocenters. The molecule has 2 amide bonds. The summed E-state index contributed by atoms with van der Waals surface area (Å²) in [5.74, 6) is 0. The van der Waals surface area contributed by atoms with Crippen LogP contribution in [0, 0.1) is 5.41 Å². The Hall–Kier alpha value is -1.69. The Morgan fingerprint density at radius 3 is 2.84 bits per heavy atom. The van der Waals surface area contributed by atoms with Crippen molar-refractivity contribution in [2.24, 2.45) is 5.41 Å². The molecular formula is C19H30N4O2. The first kappa shape index (κ1) is 18.1. The Morgan fingerprint density at radius 1 is 1.36 bits per heavy atom. The molecule has 6 heteroatoms. The first-order valence-electron chi connectivity index (χ1n) is 9.54. The lowest BCUT2D eigenvalue weighted by Crippen LogP contribution is -2.66. The van der Waals surface area contributed by atoms with Crippen LogP contribution in [0.25, 0.3) is 0 Å². The smallest absolute Gasteiger partial charge is 0.317 e. The summed E-state index contributed by atoms with van der Waals surface area (Å²) in [6, 6.07) is 0.254. The average molecular weight is 346 g/mol. The highest BCUT2D eigenvalue weighted by molar-refractivity contribution is 5.74. The minimum Gasteiger partial charge on any atom is -0.378 e. The van der Waals surface area contributed by atoms with Gasteiger partial charge in [-0.05, 0) is 26.2 Å². The van der Waals surface area contributed by atoms with E-state index in [0.717, 1.165) is 25.1 Å². The van der Waals surface area contributed by atoms with Gasteiger partial charge in [0.25, 0.3) is 0 Å². The molecule has 2 aliphatic carbocycles. The molecule has 1 aromatic heterocycles. The second-order valence-corrected chi connectivity index (χ2v) is 7.34. The topological polar surface area (TPSA) is 67.3 Å². The fourth-order valence-electron chi connectivity index (χ4n) is 4.37. The number of rotatable bonds is 6. The van der Waals surface area contributed by atoms with Gasteiger partial charge in [0.1, 0.15) is 0 Å². The van der Waals surface area contributed by atoms with E-state index in [0.29, 0.717) is 12.6 Å². The molecule has 0 aliphatic heterocycles. The van der Waals surface area contributed by atoms with Gasteiger partial charge in [-0.25, -0.2) is 4.79 Å². The predicted molar refractivity (Wildman–Crippen MR) is 96.2 cm³/mol. The minimum absolute atomic E-state index is 0.00814. The molecule has 2 atom stereocenters. The van der Waals surface area contributed by atoms with E-state index >= 15 is 0 Å². The molecule has 138 valence electrons. The summed E-state index contributed by atoms with van der Waals surface area (Å²) in [5.41, 5.74) is 1.07. The molecule has 1 aromatic rings. The highest BCUT2D eigenvalue weighted by Crippen LogP contribution is 2.53. The second kappa shape index (κ2) is 8.13. The van der Waals surface area contributed by atoms with Crippen molar-refractivity contribution in [3.05, 3.63) is 24.3 Å². The van der Waals surface area contributed by atoms with E-state index in [4.69, 9.17) is 4.74 Å². The largest absolute Gasteiger partial charge is 0.378 e. The van der Waals surface area contributed by atoms with Gasteiger partial charge in [-0.15, -0.1) is 0 Å². The summed E-state index contributed by atoms with van der Waals surface area (Å²) in [7, 11) is 1.85. The van der Waals surface area contributed by atoms with E-state index in [9.17, 15) is 4.79 Å². The van der Waals surface area contributed by atoms with Gasteiger partial charge in [0.2, 0.25) is 0 Å². The van der Waals surface area contributed by atoms with Gasteiger partial charge in [-0.3, -0.25) is 9.97 Å². The molecule has 25 heavy (non-hydrogen) atoms. The van der Waals surface area contributed by atoms with E-state index in [1.807, 2.05) is 7.05 Å². The fourth-order valence-corrected chi connectivity index (χ4v) is 4.37. The zero-order valence-corrected chi connectivity index (χ0v) is 15.4. The monoisotopic (exact) mass is 346 g/mol. The second-order valence-electron chi connectivity index (χ2n) is 7.34. The normalized spacial score (nSPS) is 24.6. The summed E-state index contributed by atoms with van der Waals surface area (Å²) >= 11 is 0. The standard InChI is InChI=1S/C19H30N4O2/c1-3-25-17-13-16(19(17)8-5-4-6-9-19)22-18(24)23(2)12-7-15-14-20-10-11-21-15/h10-11,14,16-17H,3-9,12-13H2,1-2H3,(H,22,24). The zero-order chi connectivity index (χ0) is 17.7. The molecule has 6 nitrogen and oxygen atoms in total. The Balaban J connectivity index is 1.53. The number of amides is 2. The van der Waals surface area contributed by atoms with Crippen LogP contribution in [0.15, 0.2) is 18.6 Å². The molecule has 1 heterocycles. The number of hydrogen-bond donors (Lipinski definition) is 1. The van der Waals surface area contributed by atoms with Crippen molar-refractivity contribution in [3.8, 4) is 0 Å². The number of urea groups is 1. The SMILES string of the molecule is CCOC1CC(NC(=O)N(C)CCc2cnccn2)C12CCCCC2. The highest BCUT2D eigenvalue weighted by Gasteiger charge is 2.56. The average Bonchev–Trinajstić information content (AvgIpc) is 2.66. The van der Waals surface area contributed by atoms with Crippen molar-refractivity contribution in [1.29, 1.82) is 0 Å². The lowest BCUT2D eigenvalue weighted by atomic mass is 9.55. The Bertz CT molecular complexity index is 560. The van der Waals surface area contributed by atoms with Crippen LogP contribution in [-0.4, -0.2) is 53.2 Å². The lowest BCUT2D eigenvalue weighted by Gasteiger charge is -2.57. The molecule has 2 aliphatic rings. The highest BCUT2D eigenvalue weighted by atomic mass is 16.5. The van der Waals surface area contributed by atoms with Gasteiger partial charge in [0.15, 0.2) is 0 Å². The molecule has 2 fully saturated rings. The molecule has 0 saturated heterocycles. The van der Waals surface area contributed by atoms with E-state index in [-0.39, 0.29) is 17.5 Å². The number of hydrogen-bond acceptors (Lipinski definition) is 4. The van der Waals surface area contributed by atoms with E-state index in [1.165, 1.54) is 32.1 Å². The number of carbonyl (C=O) groups excluding carboxylic acids is 1. The molecule has 0 radical (unpaired) electrons. The van der Waals surface area contributed by atoms with Gasteiger partial charge >= 0.3 is 6.03 Å². The third-order valence-corrected chi connectivity index (χ3v) is 5.90. The van der Waals surface area contributed by atoms with Gasteiger partial charge < -0.3 is 15.0 Å². The number of ether oxygens (including phenoxy) is 1. The van der Waals surface area contributed by atoms with Gasteiger partial charge in [-0.1, -0.05) is 19.3 Å². The summed E-state index contributed by atoms with van der Waals surface area (Å²) in [6.45, 7) is 3.45. The fraction of sp³-hybridized carbons (Fsp3) is 0.737. The van der Waals surface area contributed by atoms with E-state index in [1.54, 1.807) is 23.5 Å². The van der Waals surface area contributed by atoms with Crippen LogP contribution in [0.1, 0.15) is 51.1 Å². The number of likely N-dealkylation sites (N-methyl/N-ethyl adjacent to an activating group) is 1. The van der Waals surface area contributed by atoms with Crippen molar-refractivity contribution in [2.75, 3.05) is 20.2 Å². The van der Waals surface area contributed by atoms with Crippen LogP contribution >= 0.6 is 0 Å². The van der Waals surface area contributed by atoms with Gasteiger partial charge in [0, 0.05) is 56.7 Å². The Kier molecular flexibility index (Phi) is 5.89. The maximum atomic E-state index is 12.6. The summed E-state index contributed by atoms with van der Waals surface area (Å²) < 4.78 is 5.97. The van der Waals surface area contributed by atoms with Crippen LogP contribution in [0.3, 0.4) is 0 Å². The van der Waals surface area contributed by atoms with Crippen molar-refractivity contribution in [2.45, 2.75) is 64.0 Å². The zero-order valence-electron chi connectivity index (χ0n) is 15.4. The van der Waals surface area contributed by atoms with E-state index in [2.05, 4.69) is 22.2 Å². The third kappa shape index (κ3) is 3.94. The molecular weight excluding hydrogens is 316 g/mol. The Morgan fingerprint density at radius 2 is 2.16 bits per heavy atom. The lowest BCUT2D eigenvalue weighted by molar-refractivity contribution is -0.147. The molecule has 0 bridgehead atoms. The van der Waals surface area contributed by atoms with Crippen molar-refractivity contribution >= 4 is 6.03 Å². The van der Waals surface area contributed by atoms with Crippen LogP contribution in [0.2, 0.25) is 0 Å². The van der Waals surface area contributed by atoms with Crippen molar-refractivity contribution < 1.29 is 9.53 Å². The van der Waals surface area contributed by atoms with Gasteiger partial charge in [-0.2, -0.15) is 0 Å². The molecule has 3 rings (SSSR count). The first-order valence-corrected chi connectivity index (χ1v) is 9.54. The van der Waals surface area contributed by atoms with Crippen LogP contribution in [0.5, 0.6) is 0 Å². The van der Waals surface area contributed by atoms with Gasteiger partial charge in [0.05, 0.1) is 11.8 Å². The maximum Gasteiger partial charge on any atom is 0.317 e. The van der Waals surface area contributed by atoms with Crippen molar-refractivity contribution in [3.63, 3.8) is 0 Å².